The summed E-state index contributed by atoms with van der Waals surface area (Å²) in [4.78, 5) is 0. The Morgan fingerprint density at radius 3 is 2.43 bits per heavy atom. The molecule has 4 N–H and O–H groups in total. The van der Waals surface area contributed by atoms with Crippen LogP contribution in [0.1, 0.15) is 6.92 Å². The quantitative estimate of drug-likeness (QED) is 0.328. The first-order chi connectivity index (χ1) is 6.63. The highest BCUT2D eigenvalue weighted by atomic mass is 15.5. The number of nitrogen functional groups attached to an aromatic ring is 1. The number of hydrogen-bond donors (Lipinski definition) is 2. The van der Waals surface area contributed by atoms with E-state index in [2.05, 4.69) is 11.7 Å². The fraction of sp³-hybridized carbons (Fsp3) is 0.100. The molecular weight excluding hydrogens is 176 g/mol. The van der Waals surface area contributed by atoms with Gasteiger partial charge in [-0.2, -0.15) is 5.10 Å². The van der Waals surface area contributed by atoms with Gasteiger partial charge in [-0.1, -0.05) is 6.58 Å². The maximum absolute atomic E-state index is 5.56. The first-order valence-electron chi connectivity index (χ1n) is 4.21. The van der Waals surface area contributed by atoms with Gasteiger partial charge in [0.2, 0.25) is 0 Å². The molecule has 1 aromatic carbocycles. The highest BCUT2D eigenvalue weighted by Gasteiger charge is 1.99. The summed E-state index contributed by atoms with van der Waals surface area (Å²) >= 11 is 0. The van der Waals surface area contributed by atoms with Crippen LogP contribution in [-0.2, 0) is 0 Å². The normalized spacial score (nSPS) is 11.1. The topological polar surface area (TPSA) is 67.6 Å². The number of nitrogens with two attached hydrogens (primary N) is 2. The van der Waals surface area contributed by atoms with Crippen molar-refractivity contribution in [2.24, 2.45) is 10.8 Å². The summed E-state index contributed by atoms with van der Waals surface area (Å²) in [5.41, 5.74) is 12.6. The average Bonchev–Trinajstić information content (AvgIpc) is 2.15. The molecule has 1 aromatic rings. The Morgan fingerprint density at radius 1 is 1.43 bits per heavy atom. The van der Waals surface area contributed by atoms with E-state index in [0.29, 0.717) is 11.5 Å². The molecule has 4 heteroatoms. The number of nitrogens with zero attached hydrogens (tertiary/aromatic N) is 2. The van der Waals surface area contributed by atoms with Crippen LogP contribution in [0.5, 0.6) is 0 Å². The number of hydrazone groups is 1. The van der Waals surface area contributed by atoms with Crippen LogP contribution in [-0.4, -0.2) is 5.84 Å². The van der Waals surface area contributed by atoms with Crippen LogP contribution in [0.4, 0.5) is 11.4 Å². The van der Waals surface area contributed by atoms with E-state index in [1.54, 1.807) is 30.3 Å². The molecule has 0 aliphatic carbocycles. The van der Waals surface area contributed by atoms with E-state index in [1.807, 2.05) is 12.1 Å². The van der Waals surface area contributed by atoms with Gasteiger partial charge in [0.15, 0.2) is 0 Å². The molecule has 0 spiro atoms. The Kier molecular flexibility index (Phi) is 3.12. The monoisotopic (exact) mass is 190 g/mol. The van der Waals surface area contributed by atoms with Crippen molar-refractivity contribution in [1.82, 2.24) is 0 Å². The Balaban J connectivity index is 2.95. The second kappa shape index (κ2) is 4.32. The van der Waals surface area contributed by atoms with E-state index in [1.165, 1.54) is 0 Å². The van der Waals surface area contributed by atoms with Gasteiger partial charge in [0.05, 0.1) is 5.69 Å². The molecule has 0 atom stereocenters. The maximum atomic E-state index is 5.56. The van der Waals surface area contributed by atoms with Crippen molar-refractivity contribution in [1.29, 1.82) is 0 Å². The number of amidine groups is 1. The number of rotatable bonds is 3. The first kappa shape index (κ1) is 10.1. The molecule has 0 saturated heterocycles. The van der Waals surface area contributed by atoms with Crippen LogP contribution in [0.2, 0.25) is 0 Å². The summed E-state index contributed by atoms with van der Waals surface area (Å²) in [7, 11) is 0. The molecule has 0 aromatic heterocycles. The highest BCUT2D eigenvalue weighted by Crippen LogP contribution is 2.16. The molecule has 4 nitrogen and oxygen atoms in total. The molecule has 0 aliphatic heterocycles. The summed E-state index contributed by atoms with van der Waals surface area (Å²) in [6.07, 6.45) is 1.59. The molecular formula is C10H14N4. The van der Waals surface area contributed by atoms with Crippen LogP contribution in [0.3, 0.4) is 0 Å². The van der Waals surface area contributed by atoms with Crippen molar-refractivity contribution < 1.29 is 0 Å². The molecule has 14 heavy (non-hydrogen) atoms. The molecule has 0 radical (unpaired) electrons. The Labute approximate surface area is 83.5 Å². The summed E-state index contributed by atoms with van der Waals surface area (Å²) in [6, 6.07) is 7.30. The third-order valence-electron chi connectivity index (χ3n) is 1.60. The van der Waals surface area contributed by atoms with E-state index in [4.69, 9.17) is 11.5 Å². The third kappa shape index (κ3) is 2.52. The molecule has 1 rings (SSSR count). The van der Waals surface area contributed by atoms with E-state index in [-0.39, 0.29) is 0 Å². The van der Waals surface area contributed by atoms with Crippen LogP contribution < -0.4 is 16.5 Å². The molecule has 0 bridgehead atoms. The molecule has 0 heterocycles. The van der Waals surface area contributed by atoms with Gasteiger partial charge in [-0.25, -0.2) is 5.01 Å². The zero-order valence-corrected chi connectivity index (χ0v) is 8.14. The smallest absolute Gasteiger partial charge is 0.117 e. The Hall–Kier alpha value is -1.97. The van der Waals surface area contributed by atoms with E-state index < -0.39 is 0 Å². The van der Waals surface area contributed by atoms with Crippen LogP contribution in [0, 0.1) is 0 Å². The summed E-state index contributed by atoms with van der Waals surface area (Å²) in [5.74, 6) is 0.474. The van der Waals surface area contributed by atoms with Gasteiger partial charge < -0.3 is 11.5 Å². The zero-order chi connectivity index (χ0) is 10.6. The summed E-state index contributed by atoms with van der Waals surface area (Å²) in [6.45, 7) is 5.36. The van der Waals surface area contributed by atoms with Crippen LogP contribution >= 0.6 is 0 Å². The van der Waals surface area contributed by atoms with Crippen LogP contribution in [0.15, 0.2) is 42.1 Å². The predicted octanol–water partition coefficient (Wildman–Crippen LogP) is 1.51. The molecule has 0 fully saturated rings. The lowest BCUT2D eigenvalue weighted by atomic mass is 10.3. The van der Waals surface area contributed by atoms with Gasteiger partial charge in [-0.15, -0.1) is 0 Å². The molecule has 74 valence electrons. The molecule has 0 amide bonds. The van der Waals surface area contributed by atoms with Gasteiger partial charge in [-0.05, 0) is 31.2 Å². The average molecular weight is 190 g/mol. The summed E-state index contributed by atoms with van der Waals surface area (Å²) < 4.78 is 0. The third-order valence-corrected chi connectivity index (χ3v) is 1.60. The van der Waals surface area contributed by atoms with Crippen molar-refractivity contribution in [2.45, 2.75) is 6.92 Å². The predicted molar refractivity (Wildman–Crippen MR) is 60.8 cm³/mol. The van der Waals surface area contributed by atoms with E-state index in [0.717, 1.165) is 5.69 Å². The number of hydrogen-bond acceptors (Lipinski definition) is 3. The lowest BCUT2D eigenvalue weighted by Gasteiger charge is -2.14. The van der Waals surface area contributed by atoms with Gasteiger partial charge >= 0.3 is 0 Å². The maximum Gasteiger partial charge on any atom is 0.117 e. The van der Waals surface area contributed by atoms with Crippen molar-refractivity contribution in [3.05, 3.63) is 37.0 Å². The number of benzene rings is 1. The lowest BCUT2D eigenvalue weighted by molar-refractivity contribution is 1.07. The second-order valence-electron chi connectivity index (χ2n) is 2.86. The van der Waals surface area contributed by atoms with Gasteiger partial charge in [0, 0.05) is 11.9 Å². The second-order valence-corrected chi connectivity index (χ2v) is 2.86. The van der Waals surface area contributed by atoms with Crippen molar-refractivity contribution in [3.8, 4) is 0 Å². The van der Waals surface area contributed by atoms with Crippen molar-refractivity contribution in [2.75, 3.05) is 10.7 Å². The molecule has 0 saturated carbocycles. The van der Waals surface area contributed by atoms with Gasteiger partial charge in [-0.3, -0.25) is 0 Å². The van der Waals surface area contributed by atoms with E-state index >= 15 is 0 Å². The van der Waals surface area contributed by atoms with Crippen molar-refractivity contribution >= 4 is 17.2 Å². The summed E-state index contributed by atoms with van der Waals surface area (Å²) in [5, 5.41) is 5.66. The highest BCUT2D eigenvalue weighted by molar-refractivity contribution is 5.78. The Bertz CT molecular complexity index is 336. The minimum atomic E-state index is 0.474. The van der Waals surface area contributed by atoms with Gasteiger partial charge in [0.1, 0.15) is 5.84 Å². The first-order valence-corrected chi connectivity index (χ1v) is 4.21. The molecule has 0 aliphatic rings. The largest absolute Gasteiger partial charge is 0.399 e. The van der Waals surface area contributed by atoms with Crippen LogP contribution in [0.25, 0.3) is 0 Å². The van der Waals surface area contributed by atoms with Gasteiger partial charge in [0.25, 0.3) is 0 Å². The Morgan fingerprint density at radius 2 is 2.00 bits per heavy atom. The SMILES string of the molecule is C=CN(/N=C(/C)N)c1ccc(N)cc1. The lowest BCUT2D eigenvalue weighted by Crippen LogP contribution is -2.15. The fourth-order valence-electron chi connectivity index (χ4n) is 1.00. The molecule has 0 unspecified atom stereocenters. The van der Waals surface area contributed by atoms with E-state index in [9.17, 15) is 0 Å². The van der Waals surface area contributed by atoms with Crippen molar-refractivity contribution in [3.63, 3.8) is 0 Å². The zero-order valence-electron chi connectivity index (χ0n) is 8.14. The minimum absolute atomic E-state index is 0.474. The standard InChI is InChI=1S/C10H14N4/c1-3-14(13-8(2)11)10-6-4-9(12)5-7-10/h3-7H,1,12H2,2H3,(H2,11,13). The fourth-order valence-corrected chi connectivity index (χ4v) is 1.00. The number of anilines is 2. The minimum Gasteiger partial charge on any atom is -0.399 e.